The van der Waals surface area contributed by atoms with Crippen molar-refractivity contribution in [1.82, 2.24) is 15.1 Å². The number of morpholine rings is 1. The van der Waals surface area contributed by atoms with Crippen LogP contribution in [0.3, 0.4) is 0 Å². The maximum absolute atomic E-state index is 12.8. The quantitative estimate of drug-likeness (QED) is 0.530. The molecule has 2 saturated heterocycles. The number of amides is 1. The molecule has 2 atom stereocenters. The molecular weight excluding hydrogens is 491 g/mol. The van der Waals surface area contributed by atoms with Crippen LogP contribution in [0.25, 0.3) is 0 Å². The maximum Gasteiger partial charge on any atom is 0.416 e. The molecule has 2 heterocycles. The lowest BCUT2D eigenvalue weighted by Crippen LogP contribution is -2.54. The predicted molar refractivity (Wildman–Crippen MR) is 134 cm³/mol. The number of halogens is 4. The van der Waals surface area contributed by atoms with Gasteiger partial charge < -0.3 is 10.1 Å². The summed E-state index contributed by atoms with van der Waals surface area (Å²) in [4.78, 5) is 17.6. The Morgan fingerprint density at radius 1 is 1.00 bits per heavy atom. The van der Waals surface area contributed by atoms with Crippen LogP contribution in [0.4, 0.5) is 13.2 Å². The molecule has 9 heteroatoms. The number of ether oxygens (including phenoxy) is 1. The largest absolute Gasteiger partial charge is 0.416 e. The summed E-state index contributed by atoms with van der Waals surface area (Å²) in [6.07, 6.45) is -2.16. The van der Waals surface area contributed by atoms with Crippen molar-refractivity contribution in [3.63, 3.8) is 0 Å². The topological polar surface area (TPSA) is 44.8 Å². The number of hydrogen-bond acceptors (Lipinski definition) is 4. The van der Waals surface area contributed by atoms with Crippen molar-refractivity contribution in [3.05, 3.63) is 70.2 Å². The molecule has 2 aliphatic rings. The molecule has 0 bridgehead atoms. The number of rotatable bonds is 8. The van der Waals surface area contributed by atoms with E-state index in [4.69, 9.17) is 16.3 Å². The summed E-state index contributed by atoms with van der Waals surface area (Å²) in [7, 11) is 0. The van der Waals surface area contributed by atoms with Crippen LogP contribution >= 0.6 is 11.6 Å². The molecule has 1 amide bonds. The van der Waals surface area contributed by atoms with E-state index in [0.717, 1.165) is 75.9 Å². The Hall–Kier alpha value is -2.13. The molecule has 1 N–H and O–H groups in total. The number of hydrogen-bond donors (Lipinski definition) is 1. The van der Waals surface area contributed by atoms with Gasteiger partial charge in [-0.15, -0.1) is 0 Å². The van der Waals surface area contributed by atoms with E-state index in [1.807, 2.05) is 12.1 Å². The Morgan fingerprint density at radius 2 is 1.67 bits per heavy atom. The zero-order chi connectivity index (χ0) is 25.5. The molecule has 0 aliphatic carbocycles. The number of benzene rings is 2. The second kappa shape index (κ2) is 12.4. The molecule has 0 spiro atoms. The van der Waals surface area contributed by atoms with E-state index in [1.54, 1.807) is 0 Å². The molecular formula is C27H33ClF3N3O2. The molecule has 0 unspecified atom stereocenters. The summed E-state index contributed by atoms with van der Waals surface area (Å²) < 4.78 is 43.8. The van der Waals surface area contributed by atoms with Crippen LogP contribution in [0.5, 0.6) is 0 Å². The van der Waals surface area contributed by atoms with Gasteiger partial charge in [0.1, 0.15) is 0 Å². The van der Waals surface area contributed by atoms with Crippen LogP contribution in [0, 0.1) is 5.92 Å². The average molecular weight is 524 g/mol. The monoisotopic (exact) mass is 523 g/mol. The number of alkyl halides is 3. The molecule has 36 heavy (non-hydrogen) atoms. The molecule has 196 valence electrons. The zero-order valence-corrected chi connectivity index (χ0v) is 21.0. The van der Waals surface area contributed by atoms with Crippen LogP contribution in [0.2, 0.25) is 5.02 Å². The maximum atomic E-state index is 12.8. The second-order valence-electron chi connectivity index (χ2n) is 9.64. The molecule has 0 radical (unpaired) electrons. The molecule has 0 aromatic heterocycles. The van der Waals surface area contributed by atoms with E-state index >= 15 is 0 Å². The third kappa shape index (κ3) is 7.68. The SMILES string of the molecule is O=C(CC[C@H]1CN(Cc2ccc(Cl)cc2)CC[C@H]1N1CCOCC1)NCc1ccc(C(F)(F)F)cc1. The lowest BCUT2D eigenvalue weighted by molar-refractivity contribution is -0.137. The first-order chi connectivity index (χ1) is 17.3. The Labute approximate surface area is 215 Å². The van der Waals surface area contributed by atoms with Crippen molar-refractivity contribution in [2.75, 3.05) is 39.4 Å². The van der Waals surface area contributed by atoms with E-state index in [2.05, 4.69) is 27.2 Å². The summed E-state index contributed by atoms with van der Waals surface area (Å²) in [5.41, 5.74) is 1.18. The Bertz CT molecular complexity index is 979. The minimum Gasteiger partial charge on any atom is -0.379 e. The highest BCUT2D eigenvalue weighted by Crippen LogP contribution is 2.30. The van der Waals surface area contributed by atoms with Crippen LogP contribution in [-0.2, 0) is 28.8 Å². The average Bonchev–Trinajstić information content (AvgIpc) is 2.88. The Kier molecular flexibility index (Phi) is 9.28. The summed E-state index contributed by atoms with van der Waals surface area (Å²) in [5.74, 6) is 0.270. The van der Waals surface area contributed by atoms with Crippen LogP contribution in [-0.4, -0.2) is 61.1 Å². The zero-order valence-electron chi connectivity index (χ0n) is 20.3. The number of carbonyl (C=O) groups is 1. The van der Waals surface area contributed by atoms with Gasteiger partial charge in [-0.1, -0.05) is 35.9 Å². The fourth-order valence-electron chi connectivity index (χ4n) is 5.18. The number of nitrogens with zero attached hydrogens (tertiary/aromatic N) is 2. The fraction of sp³-hybridized carbons (Fsp3) is 0.519. The molecule has 4 rings (SSSR count). The lowest BCUT2D eigenvalue weighted by atomic mass is 9.86. The highest BCUT2D eigenvalue weighted by molar-refractivity contribution is 6.30. The van der Waals surface area contributed by atoms with E-state index < -0.39 is 11.7 Å². The van der Waals surface area contributed by atoms with Gasteiger partial charge in [0.05, 0.1) is 18.8 Å². The van der Waals surface area contributed by atoms with Gasteiger partial charge >= 0.3 is 6.18 Å². The third-order valence-electron chi connectivity index (χ3n) is 7.13. The molecule has 2 aliphatic heterocycles. The van der Waals surface area contributed by atoms with Crippen molar-refractivity contribution in [2.45, 2.75) is 44.6 Å². The molecule has 2 aromatic carbocycles. The third-order valence-corrected chi connectivity index (χ3v) is 7.38. The first kappa shape index (κ1) is 26.9. The predicted octanol–water partition coefficient (Wildman–Crippen LogP) is 4.98. The lowest BCUT2D eigenvalue weighted by Gasteiger charge is -2.45. The van der Waals surface area contributed by atoms with E-state index in [0.29, 0.717) is 23.9 Å². The first-order valence-electron chi connectivity index (χ1n) is 12.5. The Morgan fingerprint density at radius 3 is 2.33 bits per heavy atom. The normalized spacial score (nSPS) is 21.9. The van der Waals surface area contributed by atoms with Gasteiger partial charge in [0.15, 0.2) is 0 Å². The summed E-state index contributed by atoms with van der Waals surface area (Å²) >= 11 is 6.03. The summed E-state index contributed by atoms with van der Waals surface area (Å²) in [5, 5.41) is 3.59. The standard InChI is InChI=1S/C27H33ClF3N3O2/c28-24-8-3-21(4-9-24)18-33-12-11-25(34-13-15-36-16-14-34)22(19-33)5-10-26(35)32-17-20-1-6-23(7-2-20)27(29,30)31/h1-4,6-9,22,25H,5,10-19H2,(H,32,35)/t22-,25+/m0/s1. The van der Waals surface area contributed by atoms with Gasteiger partial charge in [0.25, 0.3) is 0 Å². The van der Waals surface area contributed by atoms with Crippen molar-refractivity contribution < 1.29 is 22.7 Å². The molecule has 2 fully saturated rings. The van der Waals surface area contributed by atoms with Crippen LogP contribution < -0.4 is 5.32 Å². The molecule has 2 aromatic rings. The van der Waals surface area contributed by atoms with Crippen LogP contribution in [0.1, 0.15) is 36.0 Å². The van der Waals surface area contributed by atoms with Gasteiger partial charge in [0.2, 0.25) is 5.91 Å². The highest BCUT2D eigenvalue weighted by Gasteiger charge is 2.34. The van der Waals surface area contributed by atoms with Crippen molar-refractivity contribution >= 4 is 17.5 Å². The van der Waals surface area contributed by atoms with Gasteiger partial charge in [0, 0.05) is 50.2 Å². The summed E-state index contributed by atoms with van der Waals surface area (Å²) in [6.45, 7) is 6.30. The number of carbonyl (C=O) groups excluding carboxylic acids is 1. The number of nitrogens with one attached hydrogen (secondary N) is 1. The number of piperidine rings is 1. The minimum absolute atomic E-state index is 0.0783. The van der Waals surface area contributed by atoms with Gasteiger partial charge in [-0.2, -0.15) is 13.2 Å². The van der Waals surface area contributed by atoms with Crippen LogP contribution in [0.15, 0.2) is 48.5 Å². The first-order valence-corrected chi connectivity index (χ1v) is 12.9. The minimum atomic E-state index is -4.36. The second-order valence-corrected chi connectivity index (χ2v) is 10.1. The Balaban J connectivity index is 1.31. The molecule has 0 saturated carbocycles. The van der Waals surface area contributed by atoms with Gasteiger partial charge in [-0.05, 0) is 60.7 Å². The van der Waals surface area contributed by atoms with E-state index in [-0.39, 0.29) is 12.5 Å². The van der Waals surface area contributed by atoms with Crippen molar-refractivity contribution in [1.29, 1.82) is 0 Å². The van der Waals surface area contributed by atoms with Crippen molar-refractivity contribution in [2.24, 2.45) is 5.92 Å². The van der Waals surface area contributed by atoms with Gasteiger partial charge in [-0.25, -0.2) is 0 Å². The molecule has 5 nitrogen and oxygen atoms in total. The smallest absolute Gasteiger partial charge is 0.379 e. The highest BCUT2D eigenvalue weighted by atomic mass is 35.5. The van der Waals surface area contributed by atoms with E-state index in [1.165, 1.54) is 17.7 Å². The summed E-state index contributed by atoms with van der Waals surface area (Å²) in [6, 6.07) is 13.3. The van der Waals surface area contributed by atoms with Gasteiger partial charge in [-0.3, -0.25) is 14.6 Å². The number of likely N-dealkylation sites (tertiary alicyclic amines) is 1. The van der Waals surface area contributed by atoms with E-state index in [9.17, 15) is 18.0 Å². The fourth-order valence-corrected chi connectivity index (χ4v) is 5.30. The van der Waals surface area contributed by atoms with Crippen molar-refractivity contribution in [3.8, 4) is 0 Å².